The van der Waals surface area contributed by atoms with Gasteiger partial charge in [-0.05, 0) is 60.2 Å². The Bertz CT molecular complexity index is 1740. The number of benzene rings is 2. The maximum absolute atomic E-state index is 15.2. The van der Waals surface area contributed by atoms with Gasteiger partial charge in [0.15, 0.2) is 17.9 Å². The highest BCUT2D eigenvalue weighted by molar-refractivity contribution is 7.22. The predicted molar refractivity (Wildman–Crippen MR) is 146 cm³/mol. The fourth-order valence-corrected chi connectivity index (χ4v) is 5.10. The van der Waals surface area contributed by atoms with Gasteiger partial charge in [-0.25, -0.2) is 8.78 Å². The van der Waals surface area contributed by atoms with Crippen LogP contribution in [0.5, 0.6) is 11.5 Å². The van der Waals surface area contributed by atoms with E-state index in [0.29, 0.717) is 39.2 Å². The fraction of sp³-hybridized carbons (Fsp3) is 0.0690. The number of primary amides is 1. The molecule has 5 rings (SSSR count). The van der Waals surface area contributed by atoms with Crippen molar-refractivity contribution in [3.63, 3.8) is 0 Å². The molecule has 0 saturated carbocycles. The van der Waals surface area contributed by atoms with Gasteiger partial charge < -0.3 is 15.4 Å². The Kier molecular flexibility index (Phi) is 7.30. The second-order valence-electron chi connectivity index (χ2n) is 8.73. The van der Waals surface area contributed by atoms with Gasteiger partial charge in [-0.15, -0.1) is 11.3 Å². The summed E-state index contributed by atoms with van der Waals surface area (Å²) in [6, 6.07) is 15.6. The molecule has 0 aliphatic heterocycles. The molecule has 200 valence electrons. The number of rotatable bonds is 8. The van der Waals surface area contributed by atoms with E-state index in [9.17, 15) is 18.8 Å². The van der Waals surface area contributed by atoms with Crippen molar-refractivity contribution in [3.05, 3.63) is 102 Å². The number of thiophene rings is 1. The Morgan fingerprint density at radius 3 is 2.42 bits per heavy atom. The average Bonchev–Trinajstić information content (AvgIpc) is 3.40. The molecule has 11 heteroatoms. The number of aldehydes is 1. The lowest BCUT2D eigenvalue weighted by molar-refractivity contribution is -0.128. The lowest BCUT2D eigenvalue weighted by Gasteiger charge is -2.22. The van der Waals surface area contributed by atoms with Crippen LogP contribution in [-0.2, 0) is 9.59 Å². The van der Waals surface area contributed by atoms with Gasteiger partial charge >= 0.3 is 0 Å². The molecule has 0 aliphatic rings. The first kappa shape index (κ1) is 26.6. The monoisotopic (exact) mass is 558 g/mol. The SMILES string of the molecule is CN(C(=O)C(C(N)=O)c1ccc(Oc2ccnc3cc(-c4ccc(C=O)cn4)sc23)c(F)c1)c1ccc(F)cc1. The van der Waals surface area contributed by atoms with E-state index in [4.69, 9.17) is 10.5 Å². The normalized spacial score (nSPS) is 11.7. The molecule has 0 radical (unpaired) electrons. The zero-order chi connectivity index (χ0) is 28.4. The maximum atomic E-state index is 15.2. The Morgan fingerprint density at radius 1 is 1.00 bits per heavy atom. The molecule has 2 N–H and O–H groups in total. The van der Waals surface area contributed by atoms with Crippen molar-refractivity contribution in [2.24, 2.45) is 5.73 Å². The van der Waals surface area contributed by atoms with E-state index in [1.807, 2.05) is 6.07 Å². The van der Waals surface area contributed by atoms with Crippen molar-refractivity contribution in [2.45, 2.75) is 5.92 Å². The third kappa shape index (κ3) is 5.27. The molecule has 3 aromatic heterocycles. The van der Waals surface area contributed by atoms with Crippen molar-refractivity contribution < 1.29 is 27.9 Å². The van der Waals surface area contributed by atoms with E-state index < -0.39 is 29.4 Å². The van der Waals surface area contributed by atoms with Gasteiger partial charge in [0, 0.05) is 36.8 Å². The second-order valence-corrected chi connectivity index (χ2v) is 9.78. The molecule has 2 amide bonds. The number of nitrogens with zero attached hydrogens (tertiary/aromatic N) is 3. The summed E-state index contributed by atoms with van der Waals surface area (Å²) >= 11 is 1.34. The minimum atomic E-state index is -1.48. The van der Waals surface area contributed by atoms with Crippen LogP contribution in [0.1, 0.15) is 21.8 Å². The van der Waals surface area contributed by atoms with E-state index in [1.54, 1.807) is 18.2 Å². The quantitative estimate of drug-likeness (QED) is 0.199. The zero-order valence-electron chi connectivity index (χ0n) is 20.9. The van der Waals surface area contributed by atoms with E-state index >= 15 is 4.39 Å². The molecule has 3 heterocycles. The number of likely N-dealkylation sites (N-methyl/N-ethyl adjacent to an activating group) is 1. The number of hydrogen-bond donors (Lipinski definition) is 1. The third-order valence-electron chi connectivity index (χ3n) is 6.14. The van der Waals surface area contributed by atoms with E-state index in [1.165, 1.54) is 67.2 Å². The third-order valence-corrected chi connectivity index (χ3v) is 7.30. The molecule has 0 aliphatic carbocycles. The molecule has 0 spiro atoms. The van der Waals surface area contributed by atoms with Crippen LogP contribution in [0.3, 0.4) is 0 Å². The standard InChI is InChI=1S/C29H20F2N4O4S/c1-35(19-6-4-18(30)5-7-19)29(38)26(28(32)37)17-3-9-23(20(31)12-17)39-24-10-11-33-22-13-25(40-27(22)24)21-8-2-16(15-36)14-34-21/h2-15,26H,1H3,(H2,32,37). The van der Waals surface area contributed by atoms with E-state index in [2.05, 4.69) is 9.97 Å². The van der Waals surface area contributed by atoms with Gasteiger partial charge in [-0.1, -0.05) is 6.07 Å². The Morgan fingerprint density at radius 2 is 1.77 bits per heavy atom. The van der Waals surface area contributed by atoms with Gasteiger partial charge in [0.2, 0.25) is 11.8 Å². The molecule has 0 fully saturated rings. The summed E-state index contributed by atoms with van der Waals surface area (Å²) in [5, 5.41) is 0. The van der Waals surface area contributed by atoms with Gasteiger partial charge in [-0.3, -0.25) is 24.4 Å². The Hall–Kier alpha value is -5.03. The van der Waals surface area contributed by atoms with Crippen LogP contribution < -0.4 is 15.4 Å². The van der Waals surface area contributed by atoms with Crippen LogP contribution >= 0.6 is 11.3 Å². The number of aromatic nitrogens is 2. The molecule has 1 unspecified atom stereocenters. The first-order valence-corrected chi connectivity index (χ1v) is 12.7. The summed E-state index contributed by atoms with van der Waals surface area (Å²) in [7, 11) is 1.41. The molecule has 8 nitrogen and oxygen atoms in total. The number of halogens is 2. The van der Waals surface area contributed by atoms with Crippen LogP contribution in [0.4, 0.5) is 14.5 Å². The summed E-state index contributed by atoms with van der Waals surface area (Å²) in [4.78, 5) is 46.9. The first-order valence-electron chi connectivity index (χ1n) is 11.8. The lowest BCUT2D eigenvalue weighted by atomic mass is 9.96. The predicted octanol–water partition coefficient (Wildman–Crippen LogP) is 5.47. The van der Waals surface area contributed by atoms with Crippen molar-refractivity contribution in [1.82, 2.24) is 9.97 Å². The highest BCUT2D eigenvalue weighted by atomic mass is 32.1. The maximum Gasteiger partial charge on any atom is 0.243 e. The molecule has 5 aromatic rings. The Labute approximate surface area is 230 Å². The van der Waals surface area contributed by atoms with Crippen LogP contribution in [0.25, 0.3) is 20.8 Å². The molecular formula is C29H20F2N4O4S. The minimum Gasteiger partial charge on any atom is -0.453 e. The van der Waals surface area contributed by atoms with Crippen LogP contribution in [0.2, 0.25) is 0 Å². The molecule has 40 heavy (non-hydrogen) atoms. The van der Waals surface area contributed by atoms with Crippen molar-refractivity contribution in [2.75, 3.05) is 11.9 Å². The summed E-state index contributed by atoms with van der Waals surface area (Å²) in [6.07, 6.45) is 3.70. The molecular weight excluding hydrogens is 538 g/mol. The summed E-state index contributed by atoms with van der Waals surface area (Å²) in [5.41, 5.74) is 7.60. The van der Waals surface area contributed by atoms with E-state index in [-0.39, 0.29) is 11.3 Å². The van der Waals surface area contributed by atoms with Crippen LogP contribution in [0.15, 0.2) is 79.1 Å². The van der Waals surface area contributed by atoms with Gasteiger partial charge in [0.05, 0.1) is 20.8 Å². The Balaban J connectivity index is 1.41. The summed E-state index contributed by atoms with van der Waals surface area (Å²) < 4.78 is 35.0. The van der Waals surface area contributed by atoms with Crippen molar-refractivity contribution in [1.29, 1.82) is 0 Å². The van der Waals surface area contributed by atoms with Crippen molar-refractivity contribution >= 4 is 45.3 Å². The number of nitrogens with two attached hydrogens (primary N) is 1. The second kappa shape index (κ2) is 11.0. The average molecular weight is 559 g/mol. The summed E-state index contributed by atoms with van der Waals surface area (Å²) in [5.74, 6) is -4.24. The zero-order valence-corrected chi connectivity index (χ0v) is 21.7. The largest absolute Gasteiger partial charge is 0.453 e. The number of hydrogen-bond acceptors (Lipinski definition) is 7. The van der Waals surface area contributed by atoms with Crippen LogP contribution in [0, 0.1) is 11.6 Å². The van der Waals surface area contributed by atoms with E-state index in [0.717, 1.165) is 15.8 Å². The summed E-state index contributed by atoms with van der Waals surface area (Å²) in [6.45, 7) is 0. The highest BCUT2D eigenvalue weighted by Crippen LogP contribution is 2.39. The van der Waals surface area contributed by atoms with Gasteiger partial charge in [0.1, 0.15) is 17.5 Å². The van der Waals surface area contributed by atoms with Crippen LogP contribution in [-0.4, -0.2) is 35.1 Å². The molecule has 2 aromatic carbocycles. The number of carbonyl (C=O) groups excluding carboxylic acids is 3. The number of pyridine rings is 2. The number of ether oxygens (including phenoxy) is 1. The molecule has 0 saturated heterocycles. The fourth-order valence-electron chi connectivity index (χ4n) is 4.05. The minimum absolute atomic E-state index is 0.0412. The first-order chi connectivity index (χ1) is 19.2. The number of fused-ring (bicyclic) bond motifs is 1. The van der Waals surface area contributed by atoms with Gasteiger partial charge in [-0.2, -0.15) is 0 Å². The molecule has 1 atom stereocenters. The van der Waals surface area contributed by atoms with Gasteiger partial charge in [0.25, 0.3) is 0 Å². The lowest BCUT2D eigenvalue weighted by Crippen LogP contribution is -2.38. The number of carbonyl (C=O) groups is 3. The van der Waals surface area contributed by atoms with Crippen molar-refractivity contribution in [3.8, 4) is 22.1 Å². The molecule has 0 bridgehead atoms. The highest BCUT2D eigenvalue weighted by Gasteiger charge is 2.31. The number of amides is 2. The topological polar surface area (TPSA) is 115 Å². The smallest absolute Gasteiger partial charge is 0.243 e. The number of anilines is 1.